The molecule has 3 fully saturated rings. The van der Waals surface area contributed by atoms with E-state index in [-0.39, 0.29) is 17.1 Å². The summed E-state index contributed by atoms with van der Waals surface area (Å²) >= 11 is 0. The smallest absolute Gasteiger partial charge is 0.316 e. The van der Waals surface area contributed by atoms with Crippen molar-refractivity contribution in [1.29, 1.82) is 0 Å². The molecule has 5 heteroatoms. The topological polar surface area (TPSA) is 94.8 Å². The molecule has 0 saturated heterocycles. The number of aliphatic carboxylic acids is 1. The van der Waals surface area contributed by atoms with Crippen molar-refractivity contribution in [3.63, 3.8) is 0 Å². The van der Waals surface area contributed by atoms with E-state index in [4.69, 9.17) is 0 Å². The number of hydrogen-bond donors (Lipinski definition) is 3. The van der Waals surface area contributed by atoms with Gasteiger partial charge in [0.15, 0.2) is 5.78 Å². The molecule has 0 aliphatic heterocycles. The predicted octanol–water partition coefficient (Wildman–Crippen LogP) is 4.83. The number of allylic oxidation sites excluding steroid dienone is 5. The van der Waals surface area contributed by atoms with E-state index >= 15 is 0 Å². The Morgan fingerprint density at radius 3 is 2.41 bits per heavy atom. The average molecular weight is 445 g/mol. The molecule has 0 aromatic rings. The highest BCUT2D eigenvalue weighted by atomic mass is 16.4. The monoisotopic (exact) mass is 444 g/mol. The average Bonchev–Trinajstić information content (AvgIpc) is 3.06. The molecule has 3 rings (SSSR count). The Bertz CT molecular complexity index is 808. The first-order chi connectivity index (χ1) is 14.9. The fourth-order valence-corrected chi connectivity index (χ4v) is 6.36. The van der Waals surface area contributed by atoms with E-state index < -0.39 is 23.6 Å². The summed E-state index contributed by atoms with van der Waals surface area (Å²) in [6.45, 7) is 7.45. The molecular weight excluding hydrogens is 404 g/mol. The van der Waals surface area contributed by atoms with Gasteiger partial charge in [-0.3, -0.25) is 9.59 Å². The summed E-state index contributed by atoms with van der Waals surface area (Å²) in [7, 11) is 0. The summed E-state index contributed by atoms with van der Waals surface area (Å²) < 4.78 is 0. The molecular formula is C27H40O5. The van der Waals surface area contributed by atoms with E-state index in [1.54, 1.807) is 0 Å². The normalized spacial score (nSPS) is 35.7. The first kappa shape index (κ1) is 24.9. The second kappa shape index (κ2) is 9.64. The van der Waals surface area contributed by atoms with Gasteiger partial charge in [-0.15, -0.1) is 0 Å². The minimum atomic E-state index is -1.40. The lowest BCUT2D eigenvalue weighted by Crippen LogP contribution is -2.36. The zero-order chi connectivity index (χ0) is 23.7. The number of carbonyl (C=O) groups is 2. The van der Waals surface area contributed by atoms with E-state index in [0.29, 0.717) is 31.1 Å². The van der Waals surface area contributed by atoms with Crippen molar-refractivity contribution in [3.05, 3.63) is 35.5 Å². The van der Waals surface area contributed by atoms with Crippen LogP contribution in [0.1, 0.15) is 79.1 Å². The van der Waals surface area contributed by atoms with Crippen LogP contribution in [0.4, 0.5) is 0 Å². The van der Waals surface area contributed by atoms with Crippen molar-refractivity contribution < 1.29 is 24.9 Å². The number of carbonyl (C=O) groups excluding carboxylic acids is 1. The Labute approximate surface area is 192 Å². The van der Waals surface area contributed by atoms with Gasteiger partial charge in [0.05, 0.1) is 12.2 Å². The van der Waals surface area contributed by atoms with Gasteiger partial charge < -0.3 is 15.3 Å². The van der Waals surface area contributed by atoms with E-state index in [1.165, 1.54) is 31.9 Å². The molecule has 178 valence electrons. The molecule has 0 heterocycles. The van der Waals surface area contributed by atoms with Crippen molar-refractivity contribution in [3.8, 4) is 0 Å². The van der Waals surface area contributed by atoms with Crippen LogP contribution in [0.5, 0.6) is 0 Å². The van der Waals surface area contributed by atoms with Gasteiger partial charge in [0.1, 0.15) is 5.41 Å². The second-order valence-corrected chi connectivity index (χ2v) is 11.1. The standard InChI is InChI=1S/C27H40O5/c1-17(7-12-24(30)26(2,3)25(31)32)22-10-11-23-19(6-5-13-27(22,23)4)9-8-18-14-20(28)16-21(29)15-18/h7-9,12,17,20-23,28-29H,5-6,10-11,13-16H2,1-4H3,(H,31,32)/b12-7+,19-9+/t17-,20-,21-,22-,23+,27-/m1/s1. The van der Waals surface area contributed by atoms with Gasteiger partial charge >= 0.3 is 5.97 Å². The van der Waals surface area contributed by atoms with Gasteiger partial charge in [-0.05, 0) is 94.5 Å². The molecule has 32 heavy (non-hydrogen) atoms. The largest absolute Gasteiger partial charge is 0.481 e. The number of carboxylic acids is 1. The summed E-state index contributed by atoms with van der Waals surface area (Å²) in [6, 6.07) is 0. The SMILES string of the molecule is C[C@H](/C=C/C(=O)C(C)(C)C(=O)O)[C@H]1CC[C@H]2/C(=C/C=C3C[C@@H](O)C[C@H](O)C3)CCC[C@]12C. The van der Waals surface area contributed by atoms with Crippen molar-refractivity contribution in [2.24, 2.45) is 28.6 Å². The van der Waals surface area contributed by atoms with Crippen LogP contribution in [0.2, 0.25) is 0 Å². The van der Waals surface area contributed by atoms with E-state index in [1.807, 2.05) is 6.08 Å². The van der Waals surface area contributed by atoms with Crippen molar-refractivity contribution in [1.82, 2.24) is 0 Å². The highest BCUT2D eigenvalue weighted by molar-refractivity contribution is 6.07. The maximum absolute atomic E-state index is 12.4. The lowest BCUT2D eigenvalue weighted by molar-refractivity contribution is -0.151. The van der Waals surface area contributed by atoms with Crippen LogP contribution in [0.15, 0.2) is 35.5 Å². The third-order valence-corrected chi connectivity index (χ3v) is 8.45. The Morgan fingerprint density at radius 2 is 1.78 bits per heavy atom. The lowest BCUT2D eigenvalue weighted by atomic mass is 9.61. The summed E-state index contributed by atoms with van der Waals surface area (Å²) in [5, 5.41) is 29.2. The number of ketones is 1. The molecule has 0 aromatic heterocycles. The quantitative estimate of drug-likeness (QED) is 0.403. The molecule has 0 aromatic carbocycles. The van der Waals surface area contributed by atoms with Crippen molar-refractivity contribution in [2.45, 2.75) is 91.3 Å². The summed E-state index contributed by atoms with van der Waals surface area (Å²) in [6.07, 6.45) is 14.3. The Balaban J connectivity index is 1.73. The third-order valence-electron chi connectivity index (χ3n) is 8.45. The van der Waals surface area contributed by atoms with Crippen LogP contribution < -0.4 is 0 Å². The van der Waals surface area contributed by atoms with Gasteiger partial charge in [0, 0.05) is 0 Å². The van der Waals surface area contributed by atoms with Crippen molar-refractivity contribution >= 4 is 11.8 Å². The molecule has 3 aliphatic rings. The fraction of sp³-hybridized carbons (Fsp3) is 0.704. The maximum atomic E-state index is 12.4. The Kier molecular flexibility index (Phi) is 7.51. The molecule has 5 nitrogen and oxygen atoms in total. The zero-order valence-corrected chi connectivity index (χ0v) is 20.0. The van der Waals surface area contributed by atoms with Gasteiger partial charge in [0.25, 0.3) is 0 Å². The highest BCUT2D eigenvalue weighted by Crippen LogP contribution is 2.59. The lowest BCUT2D eigenvalue weighted by Gasteiger charge is -2.44. The molecule has 0 unspecified atom stereocenters. The molecule has 3 N–H and O–H groups in total. The van der Waals surface area contributed by atoms with Gasteiger partial charge in [-0.1, -0.05) is 43.2 Å². The number of carboxylic acid groups (broad SMARTS) is 1. The first-order valence-corrected chi connectivity index (χ1v) is 12.2. The van der Waals surface area contributed by atoms with Crippen LogP contribution in [0.3, 0.4) is 0 Å². The molecule has 3 saturated carbocycles. The minimum absolute atomic E-state index is 0.170. The summed E-state index contributed by atoms with van der Waals surface area (Å²) in [4.78, 5) is 23.8. The van der Waals surface area contributed by atoms with E-state index in [9.17, 15) is 24.9 Å². The summed E-state index contributed by atoms with van der Waals surface area (Å²) in [5.41, 5.74) is 1.37. The fourth-order valence-electron chi connectivity index (χ4n) is 6.36. The molecule has 3 aliphatic carbocycles. The van der Waals surface area contributed by atoms with Crippen LogP contribution >= 0.6 is 0 Å². The van der Waals surface area contributed by atoms with Crippen LogP contribution in [-0.4, -0.2) is 39.3 Å². The van der Waals surface area contributed by atoms with Gasteiger partial charge in [0.2, 0.25) is 0 Å². The highest BCUT2D eigenvalue weighted by Gasteiger charge is 2.50. The zero-order valence-electron chi connectivity index (χ0n) is 20.0. The van der Waals surface area contributed by atoms with Gasteiger partial charge in [-0.25, -0.2) is 0 Å². The number of fused-ring (bicyclic) bond motifs is 1. The third kappa shape index (κ3) is 5.09. The molecule has 6 atom stereocenters. The van der Waals surface area contributed by atoms with E-state index in [0.717, 1.165) is 31.3 Å². The van der Waals surface area contributed by atoms with Crippen LogP contribution in [-0.2, 0) is 9.59 Å². The first-order valence-electron chi connectivity index (χ1n) is 12.2. The molecule has 0 amide bonds. The molecule has 0 radical (unpaired) electrons. The van der Waals surface area contributed by atoms with Crippen LogP contribution in [0, 0.1) is 28.6 Å². The minimum Gasteiger partial charge on any atom is -0.481 e. The maximum Gasteiger partial charge on any atom is 0.316 e. The molecule has 0 bridgehead atoms. The second-order valence-electron chi connectivity index (χ2n) is 11.1. The number of aliphatic hydroxyl groups excluding tert-OH is 2. The van der Waals surface area contributed by atoms with Gasteiger partial charge in [-0.2, -0.15) is 0 Å². The van der Waals surface area contributed by atoms with E-state index in [2.05, 4.69) is 26.0 Å². The summed E-state index contributed by atoms with van der Waals surface area (Å²) in [5.74, 6) is -0.274. The predicted molar refractivity (Wildman–Crippen MR) is 125 cm³/mol. The Morgan fingerprint density at radius 1 is 1.12 bits per heavy atom. The molecule has 0 spiro atoms. The van der Waals surface area contributed by atoms with Crippen molar-refractivity contribution in [2.75, 3.05) is 0 Å². The number of aliphatic hydroxyl groups is 2. The number of rotatable bonds is 6. The van der Waals surface area contributed by atoms with Crippen LogP contribution in [0.25, 0.3) is 0 Å². The Hall–Kier alpha value is -1.72. The number of hydrogen-bond acceptors (Lipinski definition) is 4.